The zero-order valence-corrected chi connectivity index (χ0v) is 16.1. The van der Waals surface area contributed by atoms with Crippen LogP contribution in [0.15, 0.2) is 84.9 Å². The number of fused-ring (bicyclic) bond motifs is 1. The van der Waals surface area contributed by atoms with Crippen molar-refractivity contribution in [1.82, 2.24) is 0 Å². The first kappa shape index (κ1) is 17.6. The molecule has 1 aliphatic heterocycles. The van der Waals surface area contributed by atoms with Gasteiger partial charge in [0.15, 0.2) is 5.11 Å². The van der Waals surface area contributed by atoms with E-state index in [2.05, 4.69) is 71.0 Å². The Hall–Kier alpha value is -2.85. The minimum atomic E-state index is 0.259. The second kappa shape index (κ2) is 7.80. The molecule has 0 amide bonds. The summed E-state index contributed by atoms with van der Waals surface area (Å²) in [6.45, 7) is 2.23. The molecule has 2 N–H and O–H groups in total. The molecule has 3 nitrogen and oxygen atoms in total. The second-order valence-corrected chi connectivity index (χ2v) is 7.26. The zero-order valence-electron chi connectivity index (χ0n) is 15.3. The summed E-state index contributed by atoms with van der Waals surface area (Å²) >= 11 is 5.77. The molecule has 27 heavy (non-hydrogen) atoms. The largest absolute Gasteiger partial charge is 0.378 e. The van der Waals surface area contributed by atoms with E-state index in [1.807, 2.05) is 36.4 Å². The van der Waals surface area contributed by atoms with Gasteiger partial charge in [0, 0.05) is 23.1 Å². The third-order valence-electron chi connectivity index (χ3n) is 4.95. The van der Waals surface area contributed by atoms with Gasteiger partial charge < -0.3 is 15.5 Å². The van der Waals surface area contributed by atoms with Gasteiger partial charge >= 0.3 is 0 Å². The smallest absolute Gasteiger partial charge is 0.178 e. The summed E-state index contributed by atoms with van der Waals surface area (Å²) in [6, 6.07) is 29.6. The Labute approximate surface area is 166 Å². The molecule has 0 aliphatic carbocycles. The van der Waals surface area contributed by atoms with E-state index in [1.54, 1.807) is 0 Å². The normalized spacial score (nSPS) is 18.5. The highest BCUT2D eigenvalue weighted by Crippen LogP contribution is 2.39. The molecule has 0 fully saturated rings. The van der Waals surface area contributed by atoms with E-state index in [4.69, 9.17) is 12.2 Å². The van der Waals surface area contributed by atoms with Crippen molar-refractivity contribution in [2.24, 2.45) is 0 Å². The first-order valence-electron chi connectivity index (χ1n) is 9.28. The summed E-state index contributed by atoms with van der Waals surface area (Å²) in [4.78, 5) is 2.24. The predicted molar refractivity (Wildman–Crippen MR) is 118 cm³/mol. The van der Waals surface area contributed by atoms with Crippen molar-refractivity contribution in [1.29, 1.82) is 0 Å². The van der Waals surface area contributed by atoms with Crippen molar-refractivity contribution in [3.63, 3.8) is 0 Å². The zero-order chi connectivity index (χ0) is 18.6. The highest BCUT2D eigenvalue weighted by molar-refractivity contribution is 7.80. The summed E-state index contributed by atoms with van der Waals surface area (Å²) in [5.41, 5.74) is 4.59. The summed E-state index contributed by atoms with van der Waals surface area (Å²) < 4.78 is 0. The van der Waals surface area contributed by atoms with Gasteiger partial charge in [-0.2, -0.15) is 0 Å². The fourth-order valence-corrected chi connectivity index (χ4v) is 4.10. The Morgan fingerprint density at radius 1 is 0.852 bits per heavy atom. The van der Waals surface area contributed by atoms with Crippen molar-refractivity contribution in [3.05, 3.63) is 90.5 Å². The van der Waals surface area contributed by atoms with Crippen molar-refractivity contribution >= 4 is 34.4 Å². The summed E-state index contributed by atoms with van der Waals surface area (Å²) in [6.07, 6.45) is 0.975. The molecule has 4 rings (SSSR count). The molecular weight excluding hydrogens is 350 g/mol. The van der Waals surface area contributed by atoms with Crippen molar-refractivity contribution in [2.45, 2.75) is 25.4 Å². The van der Waals surface area contributed by atoms with E-state index in [-0.39, 0.29) is 12.1 Å². The summed E-state index contributed by atoms with van der Waals surface area (Å²) in [5, 5.41) is 7.81. The fourth-order valence-electron chi connectivity index (χ4n) is 3.70. The van der Waals surface area contributed by atoms with Crippen molar-refractivity contribution < 1.29 is 0 Å². The third-order valence-corrected chi connectivity index (χ3v) is 5.25. The molecule has 3 aromatic carbocycles. The Kier molecular flexibility index (Phi) is 5.07. The number of thiocarbonyl (C=S) groups is 1. The minimum Gasteiger partial charge on any atom is -0.378 e. The summed E-state index contributed by atoms with van der Waals surface area (Å²) in [7, 11) is 0. The van der Waals surface area contributed by atoms with Crippen LogP contribution in [0, 0.1) is 0 Å². The van der Waals surface area contributed by atoms with Crippen LogP contribution in [0.5, 0.6) is 0 Å². The summed E-state index contributed by atoms with van der Waals surface area (Å²) in [5.74, 6) is 0. The van der Waals surface area contributed by atoms with E-state index >= 15 is 0 Å². The number of nitrogens with zero attached hydrogens (tertiary/aromatic N) is 1. The average molecular weight is 374 g/mol. The number of rotatable bonds is 3. The van der Waals surface area contributed by atoms with Gasteiger partial charge in [-0.25, -0.2) is 0 Å². The molecule has 0 aromatic heterocycles. The number of hydrogen-bond acceptors (Lipinski definition) is 2. The number of para-hydroxylation sites is 3. The lowest BCUT2D eigenvalue weighted by Crippen LogP contribution is -2.46. The van der Waals surface area contributed by atoms with Crippen LogP contribution in [0.25, 0.3) is 0 Å². The highest BCUT2D eigenvalue weighted by Gasteiger charge is 2.32. The average Bonchev–Trinajstić information content (AvgIpc) is 2.69. The van der Waals surface area contributed by atoms with E-state index in [0.717, 1.165) is 28.6 Å². The van der Waals surface area contributed by atoms with Crippen LogP contribution in [-0.2, 0) is 0 Å². The van der Waals surface area contributed by atoms with Gasteiger partial charge in [-0.1, -0.05) is 54.6 Å². The van der Waals surface area contributed by atoms with Crippen LogP contribution in [-0.4, -0.2) is 11.2 Å². The van der Waals surface area contributed by atoms with E-state index in [9.17, 15) is 0 Å². The molecule has 0 spiro atoms. The molecule has 1 aliphatic rings. The van der Waals surface area contributed by atoms with Gasteiger partial charge in [0.25, 0.3) is 0 Å². The van der Waals surface area contributed by atoms with Gasteiger partial charge in [0.2, 0.25) is 0 Å². The number of benzene rings is 3. The first-order chi connectivity index (χ1) is 13.2. The lowest BCUT2D eigenvalue weighted by Gasteiger charge is -2.41. The quantitative estimate of drug-likeness (QED) is 0.564. The molecule has 4 heteroatoms. The van der Waals surface area contributed by atoms with Crippen LogP contribution in [0.4, 0.5) is 17.1 Å². The fraction of sp³-hybridized carbons (Fsp3) is 0.174. The first-order valence-corrected chi connectivity index (χ1v) is 9.69. The highest BCUT2D eigenvalue weighted by atomic mass is 32.1. The van der Waals surface area contributed by atoms with E-state index < -0.39 is 0 Å². The topological polar surface area (TPSA) is 27.3 Å². The van der Waals surface area contributed by atoms with Gasteiger partial charge in [-0.15, -0.1) is 0 Å². The predicted octanol–water partition coefficient (Wildman–Crippen LogP) is 5.84. The van der Waals surface area contributed by atoms with E-state index in [1.165, 1.54) is 5.56 Å². The Bertz CT molecular complexity index is 911. The molecule has 136 valence electrons. The van der Waals surface area contributed by atoms with Crippen LogP contribution < -0.4 is 15.5 Å². The van der Waals surface area contributed by atoms with Crippen molar-refractivity contribution in [3.8, 4) is 0 Å². The van der Waals surface area contributed by atoms with Gasteiger partial charge in [-0.05, 0) is 61.5 Å². The lowest BCUT2D eigenvalue weighted by molar-refractivity contribution is 0.563. The Morgan fingerprint density at radius 3 is 2.15 bits per heavy atom. The molecule has 0 bridgehead atoms. The molecule has 0 unspecified atom stereocenters. The molecule has 1 heterocycles. The van der Waals surface area contributed by atoms with Crippen LogP contribution in [0.3, 0.4) is 0 Å². The van der Waals surface area contributed by atoms with Gasteiger partial charge in [-0.3, -0.25) is 0 Å². The number of hydrogen-bond donors (Lipinski definition) is 2. The van der Waals surface area contributed by atoms with Crippen molar-refractivity contribution in [2.75, 3.05) is 15.5 Å². The van der Waals surface area contributed by atoms with Crippen LogP contribution in [0.2, 0.25) is 0 Å². The molecule has 3 aromatic rings. The minimum absolute atomic E-state index is 0.259. The SMILES string of the molecule is C[C@H]1C[C@@H](Nc2ccccc2)c2ccccc2N1C(=S)Nc1ccccc1. The van der Waals surface area contributed by atoms with Gasteiger partial charge in [0.1, 0.15) is 0 Å². The van der Waals surface area contributed by atoms with E-state index in [0.29, 0.717) is 0 Å². The monoisotopic (exact) mass is 373 g/mol. The standard InChI is InChI=1S/C23H23N3S/c1-17-16-21(24-18-10-4-2-5-11-18)20-14-8-9-15-22(20)26(17)23(27)25-19-12-6-3-7-13-19/h2-15,17,21,24H,16H2,1H3,(H,25,27)/t17-,21+/m0/s1. The van der Waals surface area contributed by atoms with Gasteiger partial charge in [0.05, 0.1) is 6.04 Å². The second-order valence-electron chi connectivity index (χ2n) is 6.87. The Balaban J connectivity index is 1.62. The Morgan fingerprint density at radius 2 is 1.44 bits per heavy atom. The number of nitrogens with one attached hydrogen (secondary N) is 2. The molecule has 0 saturated heterocycles. The lowest BCUT2D eigenvalue weighted by atomic mass is 9.91. The van der Waals surface area contributed by atoms with Crippen LogP contribution >= 0.6 is 12.2 Å². The molecule has 2 atom stereocenters. The maximum absolute atomic E-state index is 5.77. The molecule has 0 saturated carbocycles. The maximum Gasteiger partial charge on any atom is 0.178 e. The molecular formula is C23H23N3S. The number of anilines is 3. The van der Waals surface area contributed by atoms with Crippen LogP contribution in [0.1, 0.15) is 24.9 Å². The molecule has 0 radical (unpaired) electrons. The third kappa shape index (κ3) is 3.81. The maximum atomic E-state index is 5.77.